The van der Waals surface area contributed by atoms with E-state index in [2.05, 4.69) is 37.6 Å². The first-order chi connectivity index (χ1) is 17.7. The van der Waals surface area contributed by atoms with Crippen molar-refractivity contribution in [2.45, 2.75) is 66.3 Å². The zero-order valence-corrected chi connectivity index (χ0v) is 23.4. The normalized spacial score (nSPS) is 11.4. The molecule has 6 nitrogen and oxygen atoms in total. The molecule has 0 aliphatic rings. The summed E-state index contributed by atoms with van der Waals surface area (Å²) in [7, 11) is 0. The molecule has 2 aromatic carbocycles. The number of imidazole rings is 1. The van der Waals surface area contributed by atoms with Gasteiger partial charge < -0.3 is 14.8 Å². The van der Waals surface area contributed by atoms with Gasteiger partial charge in [0.15, 0.2) is 0 Å². The van der Waals surface area contributed by atoms with E-state index in [1.165, 1.54) is 0 Å². The number of aromatic nitrogens is 2. The molecule has 3 rings (SSSR count). The van der Waals surface area contributed by atoms with Gasteiger partial charge in [-0.1, -0.05) is 70.0 Å². The van der Waals surface area contributed by atoms with Crippen LogP contribution >= 0.6 is 11.6 Å². The summed E-state index contributed by atoms with van der Waals surface area (Å²) in [4.78, 5) is 32.4. The van der Waals surface area contributed by atoms with Crippen LogP contribution < -0.4 is 5.32 Å². The predicted octanol–water partition coefficient (Wildman–Crippen LogP) is 5.90. The molecule has 200 valence electrons. The van der Waals surface area contributed by atoms with Gasteiger partial charge in [0.1, 0.15) is 12.4 Å². The largest absolute Gasteiger partial charge is 0.356 e. The van der Waals surface area contributed by atoms with Crippen molar-refractivity contribution in [3.05, 3.63) is 64.9 Å². The summed E-state index contributed by atoms with van der Waals surface area (Å²) < 4.78 is 2.10. The van der Waals surface area contributed by atoms with Crippen LogP contribution in [0.2, 0.25) is 5.02 Å². The lowest BCUT2D eigenvalue weighted by atomic mass is 10.1. The van der Waals surface area contributed by atoms with E-state index >= 15 is 0 Å². The van der Waals surface area contributed by atoms with Crippen LogP contribution in [0, 0.1) is 11.8 Å². The Bertz CT molecular complexity index is 1140. The molecule has 0 saturated heterocycles. The van der Waals surface area contributed by atoms with Gasteiger partial charge in [-0.05, 0) is 54.5 Å². The van der Waals surface area contributed by atoms with Crippen molar-refractivity contribution in [3.8, 4) is 0 Å². The second-order valence-electron chi connectivity index (χ2n) is 10.7. The van der Waals surface area contributed by atoms with Crippen molar-refractivity contribution >= 4 is 34.4 Å². The maximum atomic E-state index is 13.3. The van der Waals surface area contributed by atoms with Crippen molar-refractivity contribution in [3.63, 3.8) is 0 Å². The van der Waals surface area contributed by atoms with Crippen LogP contribution in [-0.2, 0) is 29.0 Å². The number of fused-ring (bicyclic) bond motifs is 1. The van der Waals surface area contributed by atoms with Gasteiger partial charge in [0, 0.05) is 31.1 Å². The van der Waals surface area contributed by atoms with Crippen molar-refractivity contribution < 1.29 is 9.59 Å². The number of nitrogens with zero attached hydrogens (tertiary/aromatic N) is 3. The third-order valence-electron chi connectivity index (χ3n) is 6.23. The molecule has 0 saturated carbocycles. The van der Waals surface area contributed by atoms with Crippen molar-refractivity contribution in [1.29, 1.82) is 0 Å². The minimum absolute atomic E-state index is 0.0231. The Morgan fingerprint density at radius 1 is 0.946 bits per heavy atom. The van der Waals surface area contributed by atoms with Gasteiger partial charge in [-0.15, -0.1) is 0 Å². The van der Waals surface area contributed by atoms with E-state index < -0.39 is 0 Å². The van der Waals surface area contributed by atoms with Crippen molar-refractivity contribution in [1.82, 2.24) is 19.8 Å². The summed E-state index contributed by atoms with van der Waals surface area (Å²) in [6.45, 7) is 11.1. The van der Waals surface area contributed by atoms with E-state index in [9.17, 15) is 9.59 Å². The summed E-state index contributed by atoms with van der Waals surface area (Å²) >= 11 is 5.91. The number of para-hydroxylation sites is 2. The van der Waals surface area contributed by atoms with Gasteiger partial charge in [-0.2, -0.15) is 0 Å². The fourth-order valence-corrected chi connectivity index (χ4v) is 4.68. The highest BCUT2D eigenvalue weighted by Crippen LogP contribution is 2.19. The minimum Gasteiger partial charge on any atom is -0.356 e. The lowest BCUT2D eigenvalue weighted by Crippen LogP contribution is -2.39. The summed E-state index contributed by atoms with van der Waals surface area (Å²) in [5, 5.41) is 3.68. The maximum absolute atomic E-state index is 13.3. The average Bonchev–Trinajstić information content (AvgIpc) is 3.19. The highest BCUT2D eigenvalue weighted by atomic mass is 35.5. The fraction of sp³-hybridized carbons (Fsp3) is 0.500. The number of benzene rings is 2. The van der Waals surface area contributed by atoms with Crippen LogP contribution in [0.5, 0.6) is 0 Å². The Kier molecular flexibility index (Phi) is 11.0. The molecule has 1 N–H and O–H groups in total. The fourth-order valence-electron chi connectivity index (χ4n) is 4.55. The zero-order chi connectivity index (χ0) is 26.8. The molecule has 7 heteroatoms. The lowest BCUT2D eigenvalue weighted by molar-refractivity contribution is -0.133. The van der Waals surface area contributed by atoms with Gasteiger partial charge in [0.25, 0.3) is 0 Å². The molecule has 0 bridgehead atoms. The number of amides is 2. The maximum Gasteiger partial charge on any atom is 0.242 e. The highest BCUT2D eigenvalue weighted by molar-refractivity contribution is 6.30. The number of hydrogen-bond acceptors (Lipinski definition) is 3. The van der Waals surface area contributed by atoms with Crippen LogP contribution in [0.3, 0.4) is 0 Å². The molecule has 0 radical (unpaired) electrons. The standard InChI is InChI=1S/C30H41ClN4O2/c1-22(2)19-34(20-23(3)4)30(37)21-35-27-11-8-7-10-26(27)33-28(35)12-6-5-9-17-32-29(36)18-24-13-15-25(31)16-14-24/h7-8,10-11,13-16,22-23H,5-6,9,12,17-21H2,1-4H3,(H,32,36). The molecule has 3 aromatic rings. The number of hydrogen-bond donors (Lipinski definition) is 1. The molecule has 0 fully saturated rings. The first-order valence-electron chi connectivity index (χ1n) is 13.5. The second-order valence-corrected chi connectivity index (χ2v) is 11.1. The Morgan fingerprint density at radius 3 is 2.30 bits per heavy atom. The smallest absolute Gasteiger partial charge is 0.242 e. The number of unbranched alkanes of at least 4 members (excludes halogenated alkanes) is 2. The number of carbonyl (C=O) groups is 2. The second kappa shape index (κ2) is 14.2. The number of nitrogens with one attached hydrogen (secondary N) is 1. The molecular weight excluding hydrogens is 484 g/mol. The van der Waals surface area contributed by atoms with Crippen LogP contribution in [0.25, 0.3) is 11.0 Å². The Morgan fingerprint density at radius 2 is 1.62 bits per heavy atom. The van der Waals surface area contributed by atoms with E-state index in [0.717, 1.165) is 61.2 Å². The first-order valence-corrected chi connectivity index (χ1v) is 13.8. The van der Waals surface area contributed by atoms with Gasteiger partial charge in [0.2, 0.25) is 11.8 Å². The lowest BCUT2D eigenvalue weighted by Gasteiger charge is -2.27. The molecule has 1 aromatic heterocycles. The van der Waals surface area contributed by atoms with E-state index in [1.807, 2.05) is 41.3 Å². The molecule has 0 spiro atoms. The summed E-state index contributed by atoms with van der Waals surface area (Å²) in [6.07, 6.45) is 3.99. The number of carbonyl (C=O) groups excluding carboxylic acids is 2. The average molecular weight is 525 g/mol. The molecule has 0 unspecified atom stereocenters. The van der Waals surface area contributed by atoms with Gasteiger partial charge in [0.05, 0.1) is 17.5 Å². The van der Waals surface area contributed by atoms with Crippen molar-refractivity contribution in [2.75, 3.05) is 19.6 Å². The van der Waals surface area contributed by atoms with Crippen LogP contribution in [0.1, 0.15) is 58.3 Å². The molecule has 0 aliphatic heterocycles. The third-order valence-corrected chi connectivity index (χ3v) is 6.48. The molecule has 0 aliphatic carbocycles. The van der Waals surface area contributed by atoms with E-state index in [-0.39, 0.29) is 11.8 Å². The van der Waals surface area contributed by atoms with Crippen LogP contribution in [0.4, 0.5) is 0 Å². The number of halogens is 1. The van der Waals surface area contributed by atoms with E-state index in [4.69, 9.17) is 16.6 Å². The number of rotatable bonds is 14. The van der Waals surface area contributed by atoms with Gasteiger partial charge in [-0.3, -0.25) is 9.59 Å². The minimum atomic E-state index is 0.0231. The van der Waals surface area contributed by atoms with Crippen molar-refractivity contribution in [2.24, 2.45) is 11.8 Å². The molecule has 0 atom stereocenters. The Hall–Kier alpha value is -2.86. The van der Waals surface area contributed by atoms with Gasteiger partial charge in [-0.25, -0.2) is 4.98 Å². The Labute approximate surface area is 226 Å². The molecule has 37 heavy (non-hydrogen) atoms. The SMILES string of the molecule is CC(C)CN(CC(C)C)C(=O)Cn1c(CCCCCNC(=O)Cc2ccc(Cl)cc2)nc2ccccc21. The molecule has 2 amide bonds. The van der Waals surface area contributed by atoms with E-state index in [0.29, 0.717) is 36.4 Å². The highest BCUT2D eigenvalue weighted by Gasteiger charge is 2.20. The predicted molar refractivity (Wildman–Crippen MR) is 152 cm³/mol. The zero-order valence-electron chi connectivity index (χ0n) is 22.7. The van der Waals surface area contributed by atoms with Crippen LogP contribution in [0.15, 0.2) is 48.5 Å². The summed E-state index contributed by atoms with van der Waals surface area (Å²) in [6, 6.07) is 15.4. The Balaban J connectivity index is 1.53. The first kappa shape index (κ1) is 28.7. The molecule has 1 heterocycles. The quantitative estimate of drug-likeness (QED) is 0.267. The topological polar surface area (TPSA) is 67.2 Å². The summed E-state index contributed by atoms with van der Waals surface area (Å²) in [5.74, 6) is 1.97. The molecular formula is C30H41ClN4O2. The van der Waals surface area contributed by atoms with Gasteiger partial charge >= 0.3 is 0 Å². The number of aryl methyl sites for hydroxylation is 1. The van der Waals surface area contributed by atoms with Crippen LogP contribution in [-0.4, -0.2) is 45.9 Å². The monoisotopic (exact) mass is 524 g/mol. The third kappa shape index (κ3) is 9.19. The summed E-state index contributed by atoms with van der Waals surface area (Å²) in [5.41, 5.74) is 2.89. The van der Waals surface area contributed by atoms with E-state index in [1.54, 1.807) is 12.1 Å².